The quantitative estimate of drug-likeness (QED) is 0.157. The number of H-pyrrole nitrogens is 2. The second-order valence-electron chi connectivity index (χ2n) is 18.9. The van der Waals surface area contributed by atoms with Gasteiger partial charge in [0.25, 0.3) is 0 Å². The molecule has 3 aromatic carbocycles. The lowest BCUT2D eigenvalue weighted by atomic mass is 10.1. The number of pyridine rings is 11. The molecule has 0 amide bonds. The number of aromatic nitrogens is 16. The zero-order valence-corrected chi connectivity index (χ0v) is 47.3. The first-order valence-electron chi connectivity index (χ1n) is 27.9. The fourth-order valence-corrected chi connectivity index (χ4v) is 8.79. The van der Waals surface area contributed by atoms with Crippen molar-refractivity contribution >= 4 is 65.5 Å². The van der Waals surface area contributed by atoms with Crippen LogP contribution >= 0.6 is 0 Å². The number of fused-ring (bicyclic) bond motifs is 7. The molecule has 0 aliphatic rings. The summed E-state index contributed by atoms with van der Waals surface area (Å²) in [6.07, 6.45) is 26.4. The lowest BCUT2D eigenvalue weighted by molar-refractivity contribution is 1.20. The predicted octanol–water partition coefficient (Wildman–Crippen LogP) is 15.6. The maximum atomic E-state index is 4.59. The highest BCUT2D eigenvalue weighted by Crippen LogP contribution is 2.25. The Bertz CT molecular complexity index is 4510. The van der Waals surface area contributed by atoms with Gasteiger partial charge in [0.15, 0.2) is 5.65 Å². The van der Waals surface area contributed by atoms with Gasteiger partial charge in [-0.2, -0.15) is 0 Å². The van der Waals surface area contributed by atoms with E-state index >= 15 is 0 Å². The molecule has 88 heavy (non-hydrogen) atoms. The van der Waals surface area contributed by atoms with Crippen molar-refractivity contribution in [1.29, 1.82) is 0 Å². The average Bonchev–Trinajstić information content (AvgIpc) is 4.38. The van der Waals surface area contributed by atoms with Gasteiger partial charge in [-0.3, -0.25) is 44.9 Å². The summed E-state index contributed by atoms with van der Waals surface area (Å²) in [7, 11) is 0. The van der Waals surface area contributed by atoms with Crippen LogP contribution in [-0.2, 0) is 0 Å². The van der Waals surface area contributed by atoms with E-state index in [9.17, 15) is 0 Å². The lowest BCUT2D eigenvalue weighted by Crippen LogP contribution is -1.90. The Labute approximate surface area is 506 Å². The molecule has 14 heterocycles. The summed E-state index contributed by atoms with van der Waals surface area (Å²) in [5.41, 5.74) is 11.6. The van der Waals surface area contributed by atoms with Crippen molar-refractivity contribution in [1.82, 2.24) is 79.7 Å². The lowest BCUT2D eigenvalue weighted by Gasteiger charge is -2.04. The molecule has 0 saturated carbocycles. The largest absolute Gasteiger partial charge is 0.346 e. The minimum Gasteiger partial charge on any atom is -0.346 e. The van der Waals surface area contributed by atoms with Crippen LogP contribution in [0.25, 0.3) is 111 Å². The van der Waals surface area contributed by atoms with Crippen LogP contribution in [0, 0.1) is 0 Å². The number of aromatic amines is 2. The van der Waals surface area contributed by atoms with Crippen LogP contribution in [0.1, 0.15) is 0 Å². The SMILES string of the molecule is c1ccc(-c2cccc(-c3ccccn3)n2)nc1.c1ccc(-c2ccccn2)nc1.c1ccc2cc(-c3cc4ccccc4cn3)ncc2c1.c1ccncc1.c1cnc2[nH]ccc2c1.c1cnc2c(c1)ccc1cccnc12.c1ncc2[nH]cnc2n1. The minimum absolute atomic E-state index is 0.713. The predicted molar refractivity (Wildman–Crippen MR) is 350 cm³/mol. The standard InChI is InChI=1S/C18H12N2.C15H11N3.C12H8N2.C10H8N2.C7H6N2.C5H4N4.C5H5N/c1-3-7-15-11-19-17(9-13(15)5-1)18-10-14-6-2-4-8-16(14)12-20-18;1-3-10-16-12(6-1)14-8-5-9-15(18-14)13-7-2-4-11-17-13;1-3-9-5-6-10-4-2-8-14-12(10)11(9)13-7-1;1-3-7-11-9(5-1)10-6-2-4-8-12-10;1-2-6-3-5-9-7(6)8-4-1;1-4-5(8-2-6-1)9-3-7-4;1-2-4-6-5-3-1/h1-12H;1-11H;1-8H;1-8H;1-5H,(H,8,9);1-3H,(H,6,7,8,9);1-5H. The van der Waals surface area contributed by atoms with Gasteiger partial charge < -0.3 is 9.97 Å². The number of benzene rings is 3. The molecule has 0 aliphatic heterocycles. The van der Waals surface area contributed by atoms with Crippen molar-refractivity contribution < 1.29 is 0 Å². The van der Waals surface area contributed by atoms with Crippen molar-refractivity contribution in [2.45, 2.75) is 0 Å². The number of rotatable bonds is 4. The van der Waals surface area contributed by atoms with Gasteiger partial charge in [0.1, 0.15) is 17.5 Å². The number of hydrogen-bond donors (Lipinski definition) is 2. The van der Waals surface area contributed by atoms with Crippen LogP contribution in [0.5, 0.6) is 0 Å². The molecular formula is C72H54N16. The smallest absolute Gasteiger partial charge is 0.180 e. The van der Waals surface area contributed by atoms with Gasteiger partial charge in [0.2, 0.25) is 0 Å². The van der Waals surface area contributed by atoms with Crippen molar-refractivity contribution in [3.8, 4) is 45.6 Å². The minimum atomic E-state index is 0.713. The molecule has 0 unspecified atom stereocenters. The number of hydrogen-bond acceptors (Lipinski definition) is 14. The van der Waals surface area contributed by atoms with Crippen molar-refractivity contribution in [2.24, 2.45) is 0 Å². The van der Waals surface area contributed by atoms with Crippen molar-refractivity contribution in [3.63, 3.8) is 0 Å². The summed E-state index contributed by atoms with van der Waals surface area (Å²) in [4.78, 5) is 64.7. The van der Waals surface area contributed by atoms with E-state index < -0.39 is 0 Å². The van der Waals surface area contributed by atoms with Gasteiger partial charge in [-0.05, 0) is 126 Å². The van der Waals surface area contributed by atoms with E-state index in [2.05, 4.69) is 140 Å². The van der Waals surface area contributed by atoms with Crippen molar-refractivity contribution in [2.75, 3.05) is 0 Å². The number of nitrogens with one attached hydrogen (secondary N) is 2. The second kappa shape index (κ2) is 30.1. The molecular weight excluding hydrogens is 1090 g/mol. The highest BCUT2D eigenvalue weighted by Gasteiger charge is 2.06. The van der Waals surface area contributed by atoms with Crippen LogP contribution in [0.4, 0.5) is 0 Å². The summed E-state index contributed by atoms with van der Waals surface area (Å²) < 4.78 is 0. The zero-order valence-electron chi connectivity index (χ0n) is 47.3. The molecule has 14 aromatic heterocycles. The Hall–Kier alpha value is -12.6. The average molecular weight is 1140 g/mol. The molecule has 0 fully saturated rings. The van der Waals surface area contributed by atoms with Crippen molar-refractivity contribution in [3.05, 3.63) is 318 Å². The van der Waals surface area contributed by atoms with Gasteiger partial charge in [-0.15, -0.1) is 0 Å². The third kappa shape index (κ3) is 15.7. The van der Waals surface area contributed by atoms with E-state index in [0.29, 0.717) is 5.65 Å². The Morgan fingerprint density at radius 1 is 0.250 bits per heavy atom. The van der Waals surface area contributed by atoms with E-state index in [-0.39, 0.29) is 0 Å². The Morgan fingerprint density at radius 3 is 1.16 bits per heavy atom. The second-order valence-corrected chi connectivity index (χ2v) is 18.9. The summed E-state index contributed by atoms with van der Waals surface area (Å²) in [6, 6.07) is 73.5. The fourth-order valence-electron chi connectivity index (χ4n) is 8.79. The molecule has 16 heteroatoms. The van der Waals surface area contributed by atoms with E-state index in [4.69, 9.17) is 0 Å². The van der Waals surface area contributed by atoms with Gasteiger partial charge >= 0.3 is 0 Å². The maximum absolute atomic E-state index is 4.59. The Balaban J connectivity index is 0.000000109. The highest BCUT2D eigenvalue weighted by atomic mass is 15.0. The Kier molecular flexibility index (Phi) is 19.6. The van der Waals surface area contributed by atoms with E-state index in [1.165, 1.54) is 17.1 Å². The topological polar surface area (TPSA) is 212 Å². The first-order chi connectivity index (χ1) is 43.7. The molecule has 422 valence electrons. The zero-order chi connectivity index (χ0) is 59.6. The molecule has 0 spiro atoms. The monoisotopic (exact) mass is 1140 g/mol. The van der Waals surface area contributed by atoms with Gasteiger partial charge in [-0.1, -0.05) is 109 Å². The third-order valence-electron chi connectivity index (χ3n) is 13.1. The maximum Gasteiger partial charge on any atom is 0.180 e. The molecule has 16 nitrogen and oxygen atoms in total. The summed E-state index contributed by atoms with van der Waals surface area (Å²) in [5, 5.41) is 8.11. The normalized spacial score (nSPS) is 10.3. The molecule has 0 aliphatic carbocycles. The number of imidazole rings is 1. The fraction of sp³-hybridized carbons (Fsp3) is 0. The molecule has 17 rings (SSSR count). The van der Waals surface area contributed by atoms with Gasteiger partial charge in [-0.25, -0.2) is 24.9 Å². The van der Waals surface area contributed by atoms with Crippen LogP contribution < -0.4 is 0 Å². The first-order valence-corrected chi connectivity index (χ1v) is 27.9. The summed E-state index contributed by atoms with van der Waals surface area (Å²) in [6.45, 7) is 0. The Morgan fingerprint density at radius 2 is 0.693 bits per heavy atom. The summed E-state index contributed by atoms with van der Waals surface area (Å²) >= 11 is 0. The molecule has 0 radical (unpaired) electrons. The van der Waals surface area contributed by atoms with E-state index in [1.807, 2.05) is 182 Å². The molecule has 0 bridgehead atoms. The molecule has 0 saturated heterocycles. The highest BCUT2D eigenvalue weighted by molar-refractivity contribution is 6.02. The molecule has 0 atom stereocenters. The first kappa shape index (κ1) is 57.3. The van der Waals surface area contributed by atoms with E-state index in [0.717, 1.165) is 94.7 Å². The van der Waals surface area contributed by atoms with Gasteiger partial charge in [0.05, 0.1) is 69.1 Å². The van der Waals surface area contributed by atoms with Crippen LogP contribution in [0.3, 0.4) is 0 Å². The van der Waals surface area contributed by atoms with E-state index in [1.54, 1.807) is 68.3 Å². The summed E-state index contributed by atoms with van der Waals surface area (Å²) in [5.74, 6) is 0. The molecule has 17 aromatic rings. The van der Waals surface area contributed by atoms with Crippen LogP contribution in [0.15, 0.2) is 318 Å². The van der Waals surface area contributed by atoms with Gasteiger partial charge in [0, 0.05) is 101 Å². The molecule has 2 N–H and O–H groups in total. The third-order valence-corrected chi connectivity index (χ3v) is 13.1. The van der Waals surface area contributed by atoms with Crippen LogP contribution in [-0.4, -0.2) is 79.7 Å². The van der Waals surface area contributed by atoms with Crippen LogP contribution in [0.2, 0.25) is 0 Å². The number of nitrogens with zero attached hydrogens (tertiary/aromatic N) is 14.